The second-order valence-electron chi connectivity index (χ2n) is 2.11. The summed E-state index contributed by atoms with van der Waals surface area (Å²) in [5, 5.41) is 0. The maximum absolute atomic E-state index is 10.8. The number of rotatable bonds is 4. The molecule has 0 unspecified atom stereocenters. The summed E-state index contributed by atoms with van der Waals surface area (Å²) in [4.78, 5) is 16.6. The van der Waals surface area contributed by atoms with Crippen molar-refractivity contribution in [1.29, 1.82) is 0 Å². The molecule has 0 heterocycles. The maximum atomic E-state index is 10.8. The first-order valence-electron chi connectivity index (χ1n) is 3.32. The van der Waals surface area contributed by atoms with Crippen molar-refractivity contribution in [2.75, 3.05) is 0 Å². The molecular formula is C7H8N2OW3. The van der Waals surface area contributed by atoms with Gasteiger partial charge in [0.05, 0.1) is 0 Å². The van der Waals surface area contributed by atoms with Crippen LogP contribution in [0.4, 0.5) is 0 Å². The molecule has 0 aliphatic rings. The molecule has 0 saturated carbocycles. The van der Waals surface area contributed by atoms with Gasteiger partial charge in [-0.3, -0.25) is 0 Å². The van der Waals surface area contributed by atoms with E-state index in [0.29, 0.717) is 0 Å². The van der Waals surface area contributed by atoms with Gasteiger partial charge in [-0.15, -0.1) is 0 Å². The zero-order valence-corrected chi connectivity index (χ0v) is 16.0. The summed E-state index contributed by atoms with van der Waals surface area (Å²) in [5.74, 6) is 0.785. The van der Waals surface area contributed by atoms with Gasteiger partial charge in [-0.2, -0.15) is 0 Å². The molecule has 0 fully saturated rings. The molecule has 0 saturated heterocycles. The Kier molecular flexibility index (Phi) is 7.60. The van der Waals surface area contributed by atoms with Crippen molar-refractivity contribution in [2.45, 2.75) is 13.8 Å². The molecule has 6 heteroatoms. The first-order valence-corrected chi connectivity index (χ1v) is 7.94. The molecule has 0 aromatic rings. The van der Waals surface area contributed by atoms with Crippen molar-refractivity contribution in [1.82, 2.24) is 4.90 Å². The summed E-state index contributed by atoms with van der Waals surface area (Å²) in [7, 11) is 0. The molecule has 3 nitrogen and oxygen atoms in total. The average Bonchev–Trinajstić information content (AvgIpc) is 2.03. The van der Waals surface area contributed by atoms with E-state index in [1.54, 1.807) is 9.42 Å². The number of hydrogen-bond acceptors (Lipinski definition) is 2. The van der Waals surface area contributed by atoms with Gasteiger partial charge in [0.15, 0.2) is 0 Å². The first-order chi connectivity index (χ1) is 6.04. The third-order valence-corrected chi connectivity index (χ3v) is 2.90. The summed E-state index contributed by atoms with van der Waals surface area (Å²) in [6.07, 6.45) is 0.826. The van der Waals surface area contributed by atoms with Crippen LogP contribution in [0.25, 0.3) is 0 Å². The van der Waals surface area contributed by atoms with Crippen LogP contribution in [-0.4, -0.2) is 29.6 Å². The predicted octanol–water partition coefficient (Wildman–Crippen LogP) is -0.414. The van der Waals surface area contributed by atoms with Gasteiger partial charge in [0.25, 0.3) is 0 Å². The summed E-state index contributed by atoms with van der Waals surface area (Å²) in [6.45, 7) is 3.92. The van der Waals surface area contributed by atoms with Crippen LogP contribution in [0.3, 0.4) is 0 Å². The number of amidine groups is 1. The Balaban J connectivity index is 5.02. The number of aliphatic imine (C=N–C) groups is 1. The molecule has 0 aromatic carbocycles. The van der Waals surface area contributed by atoms with Crippen molar-refractivity contribution in [3.8, 4) is 0 Å². The quantitative estimate of drug-likeness (QED) is 0.225. The third-order valence-electron chi connectivity index (χ3n) is 1.16. The molecule has 0 radical (unpaired) electrons. The Morgan fingerprint density at radius 2 is 1.92 bits per heavy atom. The van der Waals surface area contributed by atoms with Gasteiger partial charge in [0.2, 0.25) is 0 Å². The standard InChI is InChI=1S/C7H8N2O.3W/c1-4-7(8-3)9(5-2)6-10;;;/h3,6H,1-2H3;;;. The zero-order chi connectivity index (χ0) is 10.4. The van der Waals surface area contributed by atoms with E-state index in [-0.39, 0.29) is 0 Å². The van der Waals surface area contributed by atoms with E-state index >= 15 is 0 Å². The summed E-state index contributed by atoms with van der Waals surface area (Å²) in [5.41, 5.74) is 0. The van der Waals surface area contributed by atoms with Crippen LogP contribution in [0.15, 0.2) is 4.99 Å². The summed E-state index contributed by atoms with van der Waals surface area (Å²) >= 11 is 3.92. The second-order valence-corrected chi connectivity index (χ2v) is 7.19. The Morgan fingerprint density at radius 3 is 2.15 bits per heavy atom. The summed E-state index contributed by atoms with van der Waals surface area (Å²) in [6, 6.07) is 0. The van der Waals surface area contributed by atoms with Gasteiger partial charge >= 0.3 is 111 Å². The number of hydrogen-bond donors (Lipinski definition) is 0. The molecule has 0 aliphatic carbocycles. The van der Waals surface area contributed by atoms with Crippen molar-refractivity contribution in [3.05, 3.63) is 0 Å². The van der Waals surface area contributed by atoms with E-state index in [9.17, 15) is 4.79 Å². The Bertz CT molecular complexity index is 285. The fraction of sp³-hybridized carbons (Fsp3) is 0.286. The van der Waals surface area contributed by atoms with Gasteiger partial charge in [-0.25, -0.2) is 0 Å². The molecule has 0 atom stereocenters. The third kappa shape index (κ3) is 4.72. The van der Waals surface area contributed by atoms with Crippen molar-refractivity contribution < 1.29 is 62.9 Å². The molecule has 0 bridgehead atoms. The van der Waals surface area contributed by atoms with Gasteiger partial charge < -0.3 is 0 Å². The van der Waals surface area contributed by atoms with E-state index in [1.165, 1.54) is 58.1 Å². The summed E-state index contributed by atoms with van der Waals surface area (Å²) < 4.78 is 3.94. The van der Waals surface area contributed by atoms with Crippen LogP contribution in [0.5, 0.6) is 0 Å². The molecule has 0 N–H and O–H groups in total. The van der Waals surface area contributed by atoms with Crippen LogP contribution >= 0.6 is 0 Å². The molecular weight excluding hydrogens is 680 g/mol. The fourth-order valence-corrected chi connectivity index (χ4v) is 2.01. The van der Waals surface area contributed by atoms with Crippen molar-refractivity contribution in [3.63, 3.8) is 0 Å². The van der Waals surface area contributed by atoms with E-state index < -0.39 is 0 Å². The van der Waals surface area contributed by atoms with Crippen LogP contribution in [-0.2, 0) is 62.9 Å². The fourth-order valence-electron chi connectivity index (χ4n) is 0.646. The number of carbonyl (C=O) groups is 1. The Morgan fingerprint density at radius 1 is 1.38 bits per heavy atom. The first kappa shape index (κ1) is 13.8. The van der Waals surface area contributed by atoms with Gasteiger partial charge in [0, 0.05) is 0 Å². The van der Waals surface area contributed by atoms with Gasteiger partial charge in [-0.1, -0.05) is 0 Å². The molecule has 0 spiro atoms. The van der Waals surface area contributed by atoms with E-state index in [2.05, 4.69) is 4.99 Å². The van der Waals surface area contributed by atoms with Crippen LogP contribution in [0.2, 0.25) is 0 Å². The topological polar surface area (TPSA) is 32.7 Å². The Labute approximate surface area is 110 Å². The minimum atomic E-state index is 0.785. The van der Waals surface area contributed by atoms with Gasteiger partial charge in [0.1, 0.15) is 0 Å². The predicted molar refractivity (Wildman–Crippen MR) is 42.8 cm³/mol. The molecule has 0 aliphatic heterocycles. The normalized spacial score (nSPS) is 10.5. The van der Waals surface area contributed by atoms with Crippen LogP contribution < -0.4 is 0 Å². The number of nitrogens with zero attached hydrogens (tertiary/aromatic N) is 2. The molecule has 1 amide bonds. The molecule has 13 heavy (non-hydrogen) atoms. The molecule has 0 rings (SSSR count). The molecule has 0 aromatic heterocycles. The molecule has 70 valence electrons. The minimum absolute atomic E-state index is 0.785. The zero-order valence-electron chi connectivity index (χ0n) is 7.18. The SMILES string of the molecule is C[C](=[W])C(=N[CH]=[W])N(C=O)[C](C)=[W]. The van der Waals surface area contributed by atoms with E-state index in [0.717, 1.165) is 20.2 Å². The monoisotopic (exact) mass is 688 g/mol. The average molecular weight is 688 g/mol. The van der Waals surface area contributed by atoms with Crippen LogP contribution in [0.1, 0.15) is 13.8 Å². The van der Waals surface area contributed by atoms with Crippen LogP contribution in [0, 0.1) is 0 Å². The van der Waals surface area contributed by atoms with Crippen molar-refractivity contribution >= 4 is 24.7 Å². The van der Waals surface area contributed by atoms with Crippen molar-refractivity contribution in [2.24, 2.45) is 4.99 Å². The Hall–Kier alpha value is 0.815. The number of amides is 1. The second kappa shape index (κ2) is 7.15. The number of carbonyl (C=O) groups excluding carboxylic acids is 1. The van der Waals surface area contributed by atoms with E-state index in [4.69, 9.17) is 0 Å². The van der Waals surface area contributed by atoms with E-state index in [1.807, 2.05) is 13.8 Å². The van der Waals surface area contributed by atoms with Gasteiger partial charge in [-0.05, 0) is 0 Å².